The molecule has 2 heterocycles. The van der Waals surface area contributed by atoms with Crippen LogP contribution in [0.25, 0.3) is 0 Å². The van der Waals surface area contributed by atoms with Crippen LogP contribution in [0, 0.1) is 5.82 Å². The SMILES string of the molecule is CCc1nsc(N2CCN(C(=NC)NCC(C)Oc3ccccc3F)CC2)n1. The van der Waals surface area contributed by atoms with Crippen molar-refractivity contribution in [3.63, 3.8) is 0 Å². The Morgan fingerprint density at radius 3 is 2.71 bits per heavy atom. The third-order valence-electron chi connectivity index (χ3n) is 4.55. The molecule has 1 aromatic carbocycles. The summed E-state index contributed by atoms with van der Waals surface area (Å²) < 4.78 is 23.8. The molecule has 0 spiro atoms. The summed E-state index contributed by atoms with van der Waals surface area (Å²) >= 11 is 1.47. The lowest BCUT2D eigenvalue weighted by Gasteiger charge is -2.36. The lowest BCUT2D eigenvalue weighted by Crippen LogP contribution is -2.53. The summed E-state index contributed by atoms with van der Waals surface area (Å²) in [4.78, 5) is 13.4. The van der Waals surface area contributed by atoms with Crippen LogP contribution in [-0.2, 0) is 6.42 Å². The minimum Gasteiger partial charge on any atom is -0.486 e. The summed E-state index contributed by atoms with van der Waals surface area (Å²) in [6.45, 7) is 7.96. The fraction of sp³-hybridized carbons (Fsp3) is 0.526. The van der Waals surface area contributed by atoms with Crippen molar-refractivity contribution < 1.29 is 9.13 Å². The van der Waals surface area contributed by atoms with Crippen molar-refractivity contribution in [1.82, 2.24) is 19.6 Å². The van der Waals surface area contributed by atoms with Crippen LogP contribution in [0.5, 0.6) is 5.75 Å². The van der Waals surface area contributed by atoms with Crippen LogP contribution in [0.2, 0.25) is 0 Å². The Morgan fingerprint density at radius 1 is 1.32 bits per heavy atom. The van der Waals surface area contributed by atoms with E-state index in [0.717, 1.165) is 49.5 Å². The number of hydrogen-bond acceptors (Lipinski definition) is 6. The van der Waals surface area contributed by atoms with Gasteiger partial charge < -0.3 is 19.9 Å². The molecule has 0 radical (unpaired) electrons. The summed E-state index contributed by atoms with van der Waals surface area (Å²) in [5.74, 6) is 1.65. The van der Waals surface area contributed by atoms with Gasteiger partial charge in [-0.25, -0.2) is 9.37 Å². The number of halogens is 1. The van der Waals surface area contributed by atoms with Crippen molar-refractivity contribution >= 4 is 22.6 Å². The lowest BCUT2D eigenvalue weighted by molar-refractivity contribution is 0.212. The molecule has 1 atom stereocenters. The van der Waals surface area contributed by atoms with Crippen LogP contribution >= 0.6 is 11.5 Å². The Labute approximate surface area is 169 Å². The minimum atomic E-state index is -0.349. The van der Waals surface area contributed by atoms with Crippen LogP contribution in [-0.4, -0.2) is 66.1 Å². The molecule has 2 aromatic rings. The maximum atomic E-state index is 13.7. The highest BCUT2D eigenvalue weighted by molar-refractivity contribution is 7.09. The average Bonchev–Trinajstić information content (AvgIpc) is 3.20. The zero-order valence-electron chi connectivity index (χ0n) is 16.6. The largest absolute Gasteiger partial charge is 0.486 e. The van der Waals surface area contributed by atoms with Crippen molar-refractivity contribution in [3.8, 4) is 5.75 Å². The van der Waals surface area contributed by atoms with Gasteiger partial charge in [0.1, 0.15) is 11.9 Å². The number of hydrogen-bond donors (Lipinski definition) is 1. The molecular formula is C19H27FN6OS. The minimum absolute atomic E-state index is 0.191. The third kappa shape index (κ3) is 5.09. The van der Waals surface area contributed by atoms with Crippen molar-refractivity contribution in [3.05, 3.63) is 35.9 Å². The quantitative estimate of drug-likeness (QED) is 0.587. The standard InChI is InChI=1S/C19H27FN6OS/c1-4-17-23-19(28-24-17)26-11-9-25(10-12-26)18(21-3)22-13-14(2)27-16-8-6-5-7-15(16)20/h5-8,14H,4,9-13H2,1-3H3,(H,21,22). The number of piperazine rings is 1. The fourth-order valence-corrected chi connectivity index (χ4v) is 3.79. The van der Waals surface area contributed by atoms with Crippen molar-refractivity contribution in [1.29, 1.82) is 0 Å². The molecule has 1 N–H and O–H groups in total. The number of rotatable bonds is 6. The van der Waals surface area contributed by atoms with Crippen LogP contribution in [0.1, 0.15) is 19.7 Å². The molecule has 1 unspecified atom stereocenters. The second-order valence-electron chi connectivity index (χ2n) is 6.61. The van der Waals surface area contributed by atoms with Crippen molar-refractivity contribution in [2.45, 2.75) is 26.4 Å². The van der Waals surface area contributed by atoms with Gasteiger partial charge in [0.05, 0.1) is 6.54 Å². The molecule has 1 aromatic heterocycles. The molecule has 28 heavy (non-hydrogen) atoms. The van der Waals surface area contributed by atoms with Crippen LogP contribution in [0.15, 0.2) is 29.3 Å². The van der Waals surface area contributed by atoms with E-state index in [0.29, 0.717) is 6.54 Å². The zero-order chi connectivity index (χ0) is 19.9. The fourth-order valence-electron chi connectivity index (χ4n) is 2.99. The summed E-state index contributed by atoms with van der Waals surface area (Å²) in [5.41, 5.74) is 0. The van der Waals surface area contributed by atoms with Crippen LogP contribution in [0.4, 0.5) is 9.52 Å². The van der Waals surface area contributed by atoms with E-state index >= 15 is 0 Å². The van der Waals surface area contributed by atoms with E-state index < -0.39 is 0 Å². The van der Waals surface area contributed by atoms with Gasteiger partial charge in [-0.15, -0.1) is 0 Å². The van der Waals surface area contributed by atoms with Gasteiger partial charge in [-0.1, -0.05) is 19.1 Å². The number of aromatic nitrogens is 2. The van der Waals surface area contributed by atoms with Crippen molar-refractivity contribution in [2.75, 3.05) is 44.7 Å². The normalized spacial score (nSPS) is 16.2. The Balaban J connectivity index is 1.47. The number of guanidine groups is 1. The van der Waals surface area contributed by atoms with E-state index in [4.69, 9.17) is 4.74 Å². The van der Waals surface area contributed by atoms with Gasteiger partial charge in [-0.3, -0.25) is 4.99 Å². The molecule has 1 aliphatic heterocycles. The first-order chi connectivity index (χ1) is 13.6. The molecule has 1 saturated heterocycles. The molecule has 3 rings (SSSR count). The van der Waals surface area contributed by atoms with E-state index in [-0.39, 0.29) is 17.7 Å². The van der Waals surface area contributed by atoms with Gasteiger partial charge in [0.2, 0.25) is 5.13 Å². The summed E-state index contributed by atoms with van der Waals surface area (Å²) in [6.07, 6.45) is 0.670. The van der Waals surface area contributed by atoms with E-state index in [9.17, 15) is 4.39 Å². The number of anilines is 1. The Hall–Kier alpha value is -2.42. The predicted octanol–water partition coefficient (Wildman–Crippen LogP) is 2.40. The number of ether oxygens (including phenoxy) is 1. The highest BCUT2D eigenvalue weighted by Gasteiger charge is 2.22. The summed E-state index contributed by atoms with van der Waals surface area (Å²) in [7, 11) is 1.77. The molecule has 0 saturated carbocycles. The third-order valence-corrected chi connectivity index (χ3v) is 5.36. The molecule has 7 nitrogen and oxygen atoms in total. The molecule has 0 amide bonds. The van der Waals surface area contributed by atoms with Gasteiger partial charge in [0.25, 0.3) is 0 Å². The van der Waals surface area contributed by atoms with E-state index in [1.807, 2.05) is 6.92 Å². The first kappa shape index (κ1) is 20.3. The summed E-state index contributed by atoms with van der Waals surface area (Å²) in [5, 5.41) is 4.32. The number of aliphatic imine (C=N–C) groups is 1. The van der Waals surface area contributed by atoms with Crippen LogP contribution in [0.3, 0.4) is 0 Å². The first-order valence-corrected chi connectivity index (χ1v) is 10.3. The molecule has 0 bridgehead atoms. The van der Waals surface area contributed by atoms with Gasteiger partial charge in [-0.05, 0) is 19.1 Å². The Kier molecular flexibility index (Phi) is 7.02. The van der Waals surface area contributed by atoms with E-state index in [1.165, 1.54) is 17.6 Å². The number of nitrogens with one attached hydrogen (secondary N) is 1. The number of para-hydroxylation sites is 1. The predicted molar refractivity (Wildman–Crippen MR) is 111 cm³/mol. The van der Waals surface area contributed by atoms with Crippen molar-refractivity contribution in [2.24, 2.45) is 4.99 Å². The maximum absolute atomic E-state index is 13.7. The number of benzene rings is 1. The highest BCUT2D eigenvalue weighted by Crippen LogP contribution is 2.19. The van der Waals surface area contributed by atoms with Gasteiger partial charge in [-0.2, -0.15) is 4.37 Å². The summed E-state index contributed by atoms with van der Waals surface area (Å²) in [6, 6.07) is 6.45. The topological polar surface area (TPSA) is 65.9 Å². The second kappa shape index (κ2) is 9.68. The Morgan fingerprint density at radius 2 is 2.07 bits per heavy atom. The lowest BCUT2D eigenvalue weighted by atomic mass is 10.3. The second-order valence-corrected chi connectivity index (χ2v) is 7.34. The van der Waals surface area contributed by atoms with Gasteiger partial charge >= 0.3 is 0 Å². The smallest absolute Gasteiger partial charge is 0.205 e. The average molecular weight is 407 g/mol. The highest BCUT2D eigenvalue weighted by atomic mass is 32.1. The molecule has 0 aliphatic carbocycles. The molecular weight excluding hydrogens is 379 g/mol. The molecule has 9 heteroatoms. The van der Waals surface area contributed by atoms with Crippen LogP contribution < -0.4 is 15.0 Å². The van der Waals surface area contributed by atoms with E-state index in [2.05, 4.69) is 36.4 Å². The molecule has 1 aliphatic rings. The first-order valence-electron chi connectivity index (χ1n) is 9.55. The van der Waals surface area contributed by atoms with E-state index in [1.54, 1.807) is 25.2 Å². The Bertz CT molecular complexity index is 790. The number of aryl methyl sites for hydroxylation is 1. The zero-order valence-corrected chi connectivity index (χ0v) is 17.4. The molecule has 152 valence electrons. The number of nitrogens with zero attached hydrogens (tertiary/aromatic N) is 5. The molecule has 1 fully saturated rings. The monoisotopic (exact) mass is 406 g/mol. The van der Waals surface area contributed by atoms with Gasteiger partial charge in [0.15, 0.2) is 17.5 Å². The maximum Gasteiger partial charge on any atom is 0.205 e. The van der Waals surface area contributed by atoms with Gasteiger partial charge in [0, 0.05) is 51.2 Å².